The third-order valence-electron chi connectivity index (χ3n) is 4.38. The smallest absolute Gasteiger partial charge is 0.220 e. The molecule has 2 aliphatic rings. The first-order valence-corrected chi connectivity index (χ1v) is 7.42. The van der Waals surface area contributed by atoms with E-state index in [2.05, 4.69) is 5.32 Å². The lowest BCUT2D eigenvalue weighted by atomic mass is 9.85. The monoisotopic (exact) mass is 312 g/mol. The van der Waals surface area contributed by atoms with Gasteiger partial charge in [-0.3, -0.25) is 4.79 Å². The minimum Gasteiger partial charge on any atom is -0.397 e. The van der Waals surface area contributed by atoms with E-state index < -0.39 is 5.82 Å². The van der Waals surface area contributed by atoms with Crippen LogP contribution < -0.4 is 21.7 Å². The lowest BCUT2D eigenvalue weighted by Crippen LogP contribution is -2.54. The van der Waals surface area contributed by atoms with Crippen molar-refractivity contribution in [2.75, 3.05) is 29.5 Å². The summed E-state index contributed by atoms with van der Waals surface area (Å²) in [6, 6.07) is 1.67. The zero-order chi connectivity index (χ0) is 15.1. The lowest BCUT2D eigenvalue weighted by molar-refractivity contribution is -0.124. The number of hydrogen-bond acceptors (Lipinski definition) is 4. The number of carbonyl (C=O) groups excluding carboxylic acids is 1. The van der Waals surface area contributed by atoms with E-state index in [4.69, 9.17) is 23.1 Å². The van der Waals surface area contributed by atoms with Crippen molar-refractivity contribution in [3.8, 4) is 0 Å². The third kappa shape index (κ3) is 2.48. The topological polar surface area (TPSA) is 84.4 Å². The molecular weight excluding hydrogens is 295 g/mol. The Morgan fingerprint density at radius 1 is 1.33 bits per heavy atom. The molecule has 1 aromatic rings. The molecule has 0 aliphatic carbocycles. The molecule has 3 rings (SSSR count). The summed E-state index contributed by atoms with van der Waals surface area (Å²) < 4.78 is 14.4. The second kappa shape index (κ2) is 5.26. The highest BCUT2D eigenvalue weighted by molar-refractivity contribution is 6.33. The van der Waals surface area contributed by atoms with E-state index in [1.807, 2.05) is 4.90 Å². The summed E-state index contributed by atoms with van der Waals surface area (Å²) in [4.78, 5) is 13.3. The third-order valence-corrected chi connectivity index (χ3v) is 4.76. The van der Waals surface area contributed by atoms with Crippen molar-refractivity contribution in [1.82, 2.24) is 5.32 Å². The Hall–Kier alpha value is -1.69. The van der Waals surface area contributed by atoms with Crippen LogP contribution in [0.1, 0.15) is 19.3 Å². The lowest BCUT2D eigenvalue weighted by Gasteiger charge is -2.42. The predicted molar refractivity (Wildman–Crippen MR) is 81.7 cm³/mol. The Kier molecular flexibility index (Phi) is 3.57. The Morgan fingerprint density at radius 3 is 2.86 bits per heavy atom. The van der Waals surface area contributed by atoms with Gasteiger partial charge < -0.3 is 21.7 Å². The quantitative estimate of drug-likeness (QED) is 0.690. The molecule has 0 saturated carbocycles. The van der Waals surface area contributed by atoms with Crippen LogP contribution in [0.4, 0.5) is 21.5 Å². The number of nitrogens with two attached hydrogens (primary N) is 2. The first-order valence-electron chi connectivity index (χ1n) is 7.04. The fraction of sp³-hybridized carbons (Fsp3) is 0.500. The molecule has 0 bridgehead atoms. The van der Waals surface area contributed by atoms with E-state index in [1.165, 1.54) is 6.07 Å². The molecule has 2 saturated heterocycles. The molecule has 114 valence electrons. The molecule has 5 nitrogen and oxygen atoms in total. The average molecular weight is 313 g/mol. The molecule has 5 N–H and O–H groups in total. The Bertz CT molecular complexity index is 595. The van der Waals surface area contributed by atoms with Gasteiger partial charge in [0, 0.05) is 25.6 Å². The van der Waals surface area contributed by atoms with Crippen molar-refractivity contribution in [3.63, 3.8) is 0 Å². The SMILES string of the molecule is Nc1cc(N)c(N2CCC3NC(=O)CCC3C2)c(F)c1Cl. The number of amides is 1. The van der Waals surface area contributed by atoms with Crippen molar-refractivity contribution in [1.29, 1.82) is 0 Å². The molecule has 2 heterocycles. The zero-order valence-electron chi connectivity index (χ0n) is 11.5. The molecule has 2 atom stereocenters. The molecule has 21 heavy (non-hydrogen) atoms. The van der Waals surface area contributed by atoms with Gasteiger partial charge in [-0.15, -0.1) is 0 Å². The summed E-state index contributed by atoms with van der Waals surface area (Å²) in [6.45, 7) is 1.29. The van der Waals surface area contributed by atoms with Crippen molar-refractivity contribution < 1.29 is 9.18 Å². The number of piperidine rings is 2. The molecule has 0 spiro atoms. The van der Waals surface area contributed by atoms with Crippen LogP contribution in [0.5, 0.6) is 0 Å². The fourth-order valence-electron chi connectivity index (χ4n) is 3.29. The van der Waals surface area contributed by atoms with Crippen molar-refractivity contribution >= 4 is 34.6 Å². The van der Waals surface area contributed by atoms with E-state index in [1.54, 1.807) is 0 Å². The first-order chi connectivity index (χ1) is 9.97. The molecule has 2 unspecified atom stereocenters. The van der Waals surface area contributed by atoms with Crippen molar-refractivity contribution in [2.45, 2.75) is 25.3 Å². The van der Waals surface area contributed by atoms with Gasteiger partial charge in [-0.05, 0) is 24.8 Å². The largest absolute Gasteiger partial charge is 0.397 e. The van der Waals surface area contributed by atoms with E-state index in [-0.39, 0.29) is 22.7 Å². The number of hydrogen-bond donors (Lipinski definition) is 3. The molecule has 0 aromatic heterocycles. The maximum absolute atomic E-state index is 14.4. The highest BCUT2D eigenvalue weighted by Crippen LogP contribution is 2.38. The maximum Gasteiger partial charge on any atom is 0.220 e. The minimum absolute atomic E-state index is 0.0849. The standard InChI is InChI=1S/C14H18ClFN4O/c15-12-8(17)5-9(18)14(13(12)16)20-4-3-10-7(6-20)1-2-11(21)19-10/h5,7,10H,1-4,6,17-18H2,(H,19,21). The number of benzene rings is 1. The molecule has 1 aromatic carbocycles. The van der Waals surface area contributed by atoms with Crippen LogP contribution in [0.25, 0.3) is 0 Å². The molecule has 2 aliphatic heterocycles. The van der Waals surface area contributed by atoms with Crippen LogP contribution in [0, 0.1) is 11.7 Å². The van der Waals surface area contributed by atoms with Gasteiger partial charge in [0.2, 0.25) is 5.91 Å². The molecule has 2 fully saturated rings. The van der Waals surface area contributed by atoms with Crippen molar-refractivity contribution in [3.05, 3.63) is 16.9 Å². The number of carbonyl (C=O) groups is 1. The van der Waals surface area contributed by atoms with Gasteiger partial charge >= 0.3 is 0 Å². The van der Waals surface area contributed by atoms with Crippen LogP contribution in [-0.2, 0) is 4.79 Å². The molecule has 7 heteroatoms. The average Bonchev–Trinajstić information content (AvgIpc) is 2.45. The zero-order valence-corrected chi connectivity index (χ0v) is 12.3. The van der Waals surface area contributed by atoms with E-state index in [0.29, 0.717) is 36.8 Å². The second-order valence-electron chi connectivity index (χ2n) is 5.74. The van der Waals surface area contributed by atoms with Crippen LogP contribution in [0.15, 0.2) is 6.07 Å². The van der Waals surface area contributed by atoms with Gasteiger partial charge in [0.15, 0.2) is 5.82 Å². The number of halogens is 2. The van der Waals surface area contributed by atoms with Crippen LogP contribution >= 0.6 is 11.6 Å². The Morgan fingerprint density at radius 2 is 2.10 bits per heavy atom. The van der Waals surface area contributed by atoms with Crippen molar-refractivity contribution in [2.24, 2.45) is 5.92 Å². The molecular formula is C14H18ClFN4O. The Labute approximate surface area is 127 Å². The maximum atomic E-state index is 14.4. The normalized spacial score (nSPS) is 25.4. The summed E-state index contributed by atoms with van der Waals surface area (Å²) in [5.41, 5.74) is 12.3. The predicted octanol–water partition coefficient (Wildman–Crippen LogP) is 1.75. The van der Waals surface area contributed by atoms with Crippen LogP contribution in [0.2, 0.25) is 5.02 Å². The number of anilines is 3. The highest BCUT2D eigenvalue weighted by Gasteiger charge is 2.35. The molecule has 0 radical (unpaired) electrons. The second-order valence-corrected chi connectivity index (χ2v) is 6.12. The highest BCUT2D eigenvalue weighted by atomic mass is 35.5. The number of nitrogens with one attached hydrogen (secondary N) is 1. The van der Waals surface area contributed by atoms with Gasteiger partial charge in [-0.2, -0.15) is 0 Å². The van der Waals surface area contributed by atoms with Gasteiger partial charge in [0.05, 0.1) is 17.1 Å². The van der Waals surface area contributed by atoms with Crippen LogP contribution in [0.3, 0.4) is 0 Å². The summed E-state index contributed by atoms with van der Waals surface area (Å²) in [5.74, 6) is -0.148. The summed E-state index contributed by atoms with van der Waals surface area (Å²) >= 11 is 5.89. The first kappa shape index (κ1) is 14.3. The van der Waals surface area contributed by atoms with Crippen LogP contribution in [-0.4, -0.2) is 25.0 Å². The minimum atomic E-state index is -0.563. The van der Waals surface area contributed by atoms with Gasteiger partial charge in [-0.1, -0.05) is 11.6 Å². The van der Waals surface area contributed by atoms with E-state index in [9.17, 15) is 9.18 Å². The summed E-state index contributed by atoms with van der Waals surface area (Å²) in [6.07, 6.45) is 2.12. The summed E-state index contributed by atoms with van der Waals surface area (Å²) in [5, 5.41) is 2.92. The van der Waals surface area contributed by atoms with E-state index in [0.717, 1.165) is 12.8 Å². The van der Waals surface area contributed by atoms with Gasteiger partial charge in [0.1, 0.15) is 5.02 Å². The number of nitrogen functional groups attached to an aromatic ring is 2. The number of nitrogens with zero attached hydrogens (tertiary/aromatic N) is 1. The Balaban J connectivity index is 1.86. The summed E-state index contributed by atoms with van der Waals surface area (Å²) in [7, 11) is 0. The number of rotatable bonds is 1. The fourth-order valence-corrected chi connectivity index (χ4v) is 3.44. The number of fused-ring (bicyclic) bond motifs is 1. The van der Waals surface area contributed by atoms with E-state index >= 15 is 0 Å². The molecule has 1 amide bonds. The van der Waals surface area contributed by atoms with Gasteiger partial charge in [-0.25, -0.2) is 4.39 Å². The van der Waals surface area contributed by atoms with Gasteiger partial charge in [0.25, 0.3) is 0 Å².